The maximum atomic E-state index is 4.70. The van der Waals surface area contributed by atoms with Gasteiger partial charge in [0, 0.05) is 25.7 Å². The average Bonchev–Trinajstić information content (AvgIpc) is 2.69. The number of pyridine rings is 1. The molecular weight excluding hydrogens is 200 g/mol. The average molecular weight is 216 g/mol. The third-order valence-electron chi connectivity index (χ3n) is 3.32. The molecule has 4 heteroatoms. The summed E-state index contributed by atoms with van der Waals surface area (Å²) in [4.78, 5) is 9.07. The lowest BCUT2D eigenvalue weighted by Crippen LogP contribution is -2.29. The standard InChI is InChI=1S/C12H16N4/c1-16-11(9-4-2-6-13-8-9)15-10-5-3-7-14-12(10)16/h3,5,7,9,13H,2,4,6,8H2,1H3. The number of nitrogens with one attached hydrogen (secondary N) is 1. The van der Waals surface area contributed by atoms with Crippen LogP contribution in [0.4, 0.5) is 0 Å². The van der Waals surface area contributed by atoms with E-state index < -0.39 is 0 Å². The van der Waals surface area contributed by atoms with E-state index in [9.17, 15) is 0 Å². The van der Waals surface area contributed by atoms with E-state index in [0.29, 0.717) is 5.92 Å². The summed E-state index contributed by atoms with van der Waals surface area (Å²) in [6.45, 7) is 2.18. The summed E-state index contributed by atoms with van der Waals surface area (Å²) in [5, 5.41) is 3.43. The van der Waals surface area contributed by atoms with Crippen LogP contribution in [0.5, 0.6) is 0 Å². The van der Waals surface area contributed by atoms with E-state index in [1.165, 1.54) is 18.7 Å². The van der Waals surface area contributed by atoms with Crippen LogP contribution in [0.3, 0.4) is 0 Å². The first-order valence-corrected chi connectivity index (χ1v) is 5.84. The SMILES string of the molecule is Cn1c(C2CCCNC2)nc2cccnc21. The first kappa shape index (κ1) is 9.78. The summed E-state index contributed by atoms with van der Waals surface area (Å²) in [5.74, 6) is 1.70. The number of aryl methyl sites for hydroxylation is 1. The maximum Gasteiger partial charge on any atom is 0.159 e. The quantitative estimate of drug-likeness (QED) is 0.784. The third kappa shape index (κ3) is 1.50. The lowest BCUT2D eigenvalue weighted by Gasteiger charge is -2.22. The van der Waals surface area contributed by atoms with Gasteiger partial charge in [0.25, 0.3) is 0 Å². The first-order valence-electron chi connectivity index (χ1n) is 5.84. The van der Waals surface area contributed by atoms with Crippen molar-refractivity contribution in [1.82, 2.24) is 19.9 Å². The van der Waals surface area contributed by atoms with Crippen LogP contribution >= 0.6 is 0 Å². The molecule has 4 nitrogen and oxygen atoms in total. The van der Waals surface area contributed by atoms with Crippen LogP contribution in [0.1, 0.15) is 24.6 Å². The number of fused-ring (bicyclic) bond motifs is 1. The number of aromatic nitrogens is 3. The molecule has 0 bridgehead atoms. The van der Waals surface area contributed by atoms with Gasteiger partial charge in [0.1, 0.15) is 11.3 Å². The van der Waals surface area contributed by atoms with Gasteiger partial charge in [-0.1, -0.05) is 0 Å². The van der Waals surface area contributed by atoms with Crippen molar-refractivity contribution in [3.8, 4) is 0 Å². The fourth-order valence-corrected chi connectivity index (χ4v) is 2.48. The highest BCUT2D eigenvalue weighted by Crippen LogP contribution is 2.24. The molecule has 1 fully saturated rings. The zero-order valence-electron chi connectivity index (χ0n) is 9.48. The highest BCUT2D eigenvalue weighted by atomic mass is 15.1. The van der Waals surface area contributed by atoms with Crippen molar-refractivity contribution in [2.75, 3.05) is 13.1 Å². The second kappa shape index (κ2) is 3.87. The highest BCUT2D eigenvalue weighted by molar-refractivity contribution is 5.71. The van der Waals surface area contributed by atoms with Gasteiger partial charge < -0.3 is 9.88 Å². The van der Waals surface area contributed by atoms with Crippen molar-refractivity contribution >= 4 is 11.2 Å². The van der Waals surface area contributed by atoms with Crippen molar-refractivity contribution in [2.24, 2.45) is 7.05 Å². The van der Waals surface area contributed by atoms with Gasteiger partial charge in [0.15, 0.2) is 5.65 Å². The Morgan fingerprint density at radius 1 is 1.50 bits per heavy atom. The molecule has 1 N–H and O–H groups in total. The van der Waals surface area contributed by atoms with Gasteiger partial charge in [-0.2, -0.15) is 0 Å². The molecule has 3 rings (SSSR count). The van der Waals surface area contributed by atoms with Gasteiger partial charge >= 0.3 is 0 Å². The lowest BCUT2D eigenvalue weighted by molar-refractivity contribution is 0.440. The van der Waals surface area contributed by atoms with Crippen LogP contribution in [-0.4, -0.2) is 27.6 Å². The van der Waals surface area contributed by atoms with Crippen LogP contribution in [-0.2, 0) is 7.05 Å². The predicted molar refractivity (Wildman–Crippen MR) is 63.4 cm³/mol. The molecule has 0 spiro atoms. The lowest BCUT2D eigenvalue weighted by atomic mass is 9.99. The molecule has 0 saturated carbocycles. The van der Waals surface area contributed by atoms with E-state index in [2.05, 4.69) is 21.9 Å². The van der Waals surface area contributed by atoms with Crippen molar-refractivity contribution in [2.45, 2.75) is 18.8 Å². The second-order valence-corrected chi connectivity index (χ2v) is 4.42. The fourth-order valence-electron chi connectivity index (χ4n) is 2.48. The maximum absolute atomic E-state index is 4.70. The largest absolute Gasteiger partial charge is 0.316 e. The van der Waals surface area contributed by atoms with Crippen molar-refractivity contribution in [1.29, 1.82) is 0 Å². The zero-order chi connectivity index (χ0) is 11.0. The molecule has 84 valence electrons. The Morgan fingerprint density at radius 2 is 2.44 bits per heavy atom. The summed E-state index contributed by atoms with van der Waals surface area (Å²) in [5.41, 5.74) is 1.99. The Kier molecular flexibility index (Phi) is 2.36. The summed E-state index contributed by atoms with van der Waals surface area (Å²) < 4.78 is 2.13. The number of hydrogen-bond acceptors (Lipinski definition) is 3. The van der Waals surface area contributed by atoms with Gasteiger partial charge in [-0.15, -0.1) is 0 Å². The van der Waals surface area contributed by atoms with Crippen molar-refractivity contribution in [3.05, 3.63) is 24.2 Å². The van der Waals surface area contributed by atoms with E-state index >= 15 is 0 Å². The van der Waals surface area contributed by atoms with Gasteiger partial charge in [-0.05, 0) is 31.5 Å². The third-order valence-corrected chi connectivity index (χ3v) is 3.32. The molecule has 0 aromatic carbocycles. The molecule has 1 aliphatic heterocycles. The van der Waals surface area contributed by atoms with Gasteiger partial charge in [-0.3, -0.25) is 0 Å². The minimum absolute atomic E-state index is 0.535. The van der Waals surface area contributed by atoms with E-state index in [4.69, 9.17) is 4.98 Å². The van der Waals surface area contributed by atoms with E-state index in [1.807, 2.05) is 18.3 Å². The Bertz CT molecular complexity index is 497. The minimum Gasteiger partial charge on any atom is -0.316 e. The minimum atomic E-state index is 0.535. The summed E-state index contributed by atoms with van der Waals surface area (Å²) >= 11 is 0. The summed E-state index contributed by atoms with van der Waals surface area (Å²) in [7, 11) is 2.06. The molecule has 1 atom stereocenters. The molecule has 1 aliphatic rings. The summed E-state index contributed by atoms with van der Waals surface area (Å²) in [6, 6.07) is 3.97. The topological polar surface area (TPSA) is 42.7 Å². The Hall–Kier alpha value is -1.42. The Morgan fingerprint density at radius 3 is 3.19 bits per heavy atom. The van der Waals surface area contributed by atoms with Crippen LogP contribution in [0.2, 0.25) is 0 Å². The van der Waals surface area contributed by atoms with Gasteiger partial charge in [-0.25, -0.2) is 9.97 Å². The van der Waals surface area contributed by atoms with Crippen LogP contribution in [0.15, 0.2) is 18.3 Å². The van der Waals surface area contributed by atoms with Gasteiger partial charge in [0.05, 0.1) is 0 Å². The highest BCUT2D eigenvalue weighted by Gasteiger charge is 2.20. The molecular formula is C12H16N4. The molecule has 2 aromatic heterocycles. The second-order valence-electron chi connectivity index (χ2n) is 4.42. The number of piperidine rings is 1. The molecule has 2 aromatic rings. The monoisotopic (exact) mass is 216 g/mol. The molecule has 0 amide bonds. The zero-order valence-corrected chi connectivity index (χ0v) is 9.48. The molecule has 3 heterocycles. The molecule has 1 saturated heterocycles. The van der Waals surface area contributed by atoms with Crippen molar-refractivity contribution in [3.63, 3.8) is 0 Å². The summed E-state index contributed by atoms with van der Waals surface area (Å²) in [6.07, 6.45) is 4.29. The molecule has 1 unspecified atom stereocenters. The molecule has 0 aliphatic carbocycles. The van der Waals surface area contributed by atoms with E-state index in [0.717, 1.165) is 24.3 Å². The van der Waals surface area contributed by atoms with Crippen LogP contribution in [0.25, 0.3) is 11.2 Å². The Labute approximate surface area is 94.7 Å². The normalized spacial score (nSPS) is 21.4. The smallest absolute Gasteiger partial charge is 0.159 e. The van der Waals surface area contributed by atoms with Crippen molar-refractivity contribution < 1.29 is 0 Å². The first-order chi connectivity index (χ1) is 7.86. The van der Waals surface area contributed by atoms with Crippen LogP contribution < -0.4 is 5.32 Å². The molecule has 0 radical (unpaired) electrons. The predicted octanol–water partition coefficient (Wildman–Crippen LogP) is 1.44. The Balaban J connectivity index is 2.05. The van der Waals surface area contributed by atoms with Gasteiger partial charge in [0.2, 0.25) is 0 Å². The number of imidazole rings is 1. The van der Waals surface area contributed by atoms with Crippen LogP contribution in [0, 0.1) is 0 Å². The number of rotatable bonds is 1. The van der Waals surface area contributed by atoms with E-state index in [-0.39, 0.29) is 0 Å². The molecule has 16 heavy (non-hydrogen) atoms. The number of hydrogen-bond donors (Lipinski definition) is 1. The van der Waals surface area contributed by atoms with E-state index in [1.54, 1.807) is 0 Å². The fraction of sp³-hybridized carbons (Fsp3) is 0.500. The number of nitrogens with zero attached hydrogens (tertiary/aromatic N) is 3.